The summed E-state index contributed by atoms with van der Waals surface area (Å²) in [4.78, 5) is 24.6. The molecule has 0 unspecified atom stereocenters. The molecule has 1 amide bonds. The van der Waals surface area contributed by atoms with Crippen LogP contribution in [-0.4, -0.2) is 15.4 Å². The van der Waals surface area contributed by atoms with E-state index in [1.54, 1.807) is 23.1 Å². The lowest BCUT2D eigenvalue weighted by atomic mass is 10.1. The topological polar surface area (TPSA) is 66.1 Å². The van der Waals surface area contributed by atoms with E-state index >= 15 is 0 Å². The zero-order valence-electron chi connectivity index (χ0n) is 13.0. The van der Waals surface area contributed by atoms with E-state index < -0.39 is 0 Å². The summed E-state index contributed by atoms with van der Waals surface area (Å²) < 4.78 is 0. The van der Waals surface area contributed by atoms with E-state index in [0.29, 0.717) is 22.9 Å². The van der Waals surface area contributed by atoms with E-state index in [1.807, 2.05) is 36.4 Å². The molecule has 0 aliphatic rings. The highest BCUT2D eigenvalue weighted by atomic mass is 35.5. The first kappa shape index (κ1) is 17.3. The number of nitrogens with zero attached hydrogens (tertiary/aromatic N) is 2. The van der Waals surface area contributed by atoms with Crippen LogP contribution in [0.2, 0.25) is 5.02 Å². The molecule has 1 N–H and O–H groups in total. The predicted molar refractivity (Wildman–Crippen MR) is 102 cm³/mol. The van der Waals surface area contributed by atoms with Gasteiger partial charge >= 0.3 is 0 Å². The first-order chi connectivity index (χ1) is 12.0. The number of hydrogen-bond donors (Lipinski definition) is 2. The fourth-order valence-electron chi connectivity index (χ4n) is 2.36. The van der Waals surface area contributed by atoms with Gasteiger partial charge in [-0.15, -0.1) is 0 Å². The smallest absolute Gasteiger partial charge is 0.283 e. The van der Waals surface area contributed by atoms with Crippen molar-refractivity contribution in [1.82, 2.24) is 10.2 Å². The quantitative estimate of drug-likeness (QED) is 0.677. The van der Waals surface area contributed by atoms with Crippen molar-refractivity contribution >= 4 is 35.2 Å². The van der Waals surface area contributed by atoms with Crippen LogP contribution in [0.1, 0.15) is 5.56 Å². The molecule has 126 valence electrons. The van der Waals surface area contributed by atoms with Crippen LogP contribution in [0.4, 0.5) is 10.5 Å². The SMILES string of the molecule is O=C(S)N(Cc1ccc(Cl)cc1)c1ccc(-c2ccc(=O)[nH]n2)cc1. The summed E-state index contributed by atoms with van der Waals surface area (Å²) >= 11 is 9.86. The van der Waals surface area contributed by atoms with Gasteiger partial charge < -0.3 is 0 Å². The Kier molecular flexibility index (Phi) is 5.21. The largest absolute Gasteiger partial charge is 0.299 e. The van der Waals surface area contributed by atoms with E-state index in [1.165, 1.54) is 6.07 Å². The highest BCUT2D eigenvalue weighted by molar-refractivity contribution is 7.96. The second kappa shape index (κ2) is 7.55. The highest BCUT2D eigenvalue weighted by Crippen LogP contribution is 2.24. The number of aromatic amines is 1. The summed E-state index contributed by atoms with van der Waals surface area (Å²) in [5.41, 5.74) is 2.88. The van der Waals surface area contributed by atoms with Crippen molar-refractivity contribution in [1.29, 1.82) is 0 Å². The van der Waals surface area contributed by atoms with Gasteiger partial charge in [0, 0.05) is 22.3 Å². The molecular weight excluding hydrogens is 358 g/mol. The molecule has 1 heterocycles. The number of benzene rings is 2. The van der Waals surface area contributed by atoms with Crippen molar-refractivity contribution in [2.45, 2.75) is 6.54 Å². The van der Waals surface area contributed by atoms with Gasteiger partial charge in [0.1, 0.15) is 0 Å². The number of carbonyl (C=O) groups is 1. The van der Waals surface area contributed by atoms with Gasteiger partial charge in [-0.25, -0.2) is 5.10 Å². The lowest BCUT2D eigenvalue weighted by Crippen LogP contribution is -2.25. The number of H-pyrrole nitrogens is 1. The first-order valence-electron chi connectivity index (χ1n) is 7.44. The maximum atomic E-state index is 11.9. The predicted octanol–water partition coefficient (Wildman–Crippen LogP) is 4.15. The van der Waals surface area contributed by atoms with Crippen LogP contribution < -0.4 is 10.5 Å². The minimum Gasteiger partial charge on any atom is -0.299 e. The number of amides is 1. The third-order valence-electron chi connectivity index (χ3n) is 3.64. The van der Waals surface area contributed by atoms with Crippen LogP contribution in [0, 0.1) is 0 Å². The van der Waals surface area contributed by atoms with E-state index in [4.69, 9.17) is 11.6 Å². The number of nitrogens with one attached hydrogen (secondary N) is 1. The van der Waals surface area contributed by atoms with Crippen molar-refractivity contribution in [3.8, 4) is 11.3 Å². The van der Waals surface area contributed by atoms with Gasteiger partial charge in [0.2, 0.25) is 0 Å². The van der Waals surface area contributed by atoms with Crippen LogP contribution >= 0.6 is 24.2 Å². The number of thiol groups is 1. The van der Waals surface area contributed by atoms with Crippen molar-refractivity contribution in [2.24, 2.45) is 0 Å². The van der Waals surface area contributed by atoms with E-state index in [2.05, 4.69) is 22.8 Å². The Balaban J connectivity index is 1.84. The summed E-state index contributed by atoms with van der Waals surface area (Å²) in [6, 6.07) is 17.6. The molecule has 0 aliphatic heterocycles. The zero-order chi connectivity index (χ0) is 17.8. The number of rotatable bonds is 4. The lowest BCUT2D eigenvalue weighted by molar-refractivity contribution is 0.265. The molecule has 2 aromatic carbocycles. The van der Waals surface area contributed by atoms with Gasteiger partial charge in [0.05, 0.1) is 12.2 Å². The number of carbonyl (C=O) groups excluding carboxylic acids is 1. The van der Waals surface area contributed by atoms with Gasteiger partial charge in [-0.3, -0.25) is 14.5 Å². The molecule has 7 heteroatoms. The van der Waals surface area contributed by atoms with Gasteiger partial charge in [0.25, 0.3) is 10.8 Å². The molecule has 0 bridgehead atoms. The monoisotopic (exact) mass is 371 g/mol. The van der Waals surface area contributed by atoms with Crippen molar-refractivity contribution in [3.63, 3.8) is 0 Å². The van der Waals surface area contributed by atoms with Crippen LogP contribution in [0.15, 0.2) is 65.5 Å². The molecule has 0 saturated heterocycles. The van der Waals surface area contributed by atoms with E-state index in [0.717, 1.165) is 11.1 Å². The standard InChI is InChI=1S/C18H14ClN3O2S/c19-14-5-1-12(2-6-14)11-22(18(24)25)15-7-3-13(4-8-15)16-9-10-17(23)21-20-16/h1-10H,11H2,(H,21,23)(H,24,25). The highest BCUT2D eigenvalue weighted by Gasteiger charge is 2.13. The summed E-state index contributed by atoms with van der Waals surface area (Å²) in [5, 5.41) is 6.67. The second-order valence-electron chi connectivity index (χ2n) is 5.35. The molecule has 0 saturated carbocycles. The Hall–Kier alpha value is -2.57. The number of anilines is 1. The van der Waals surface area contributed by atoms with E-state index in [9.17, 15) is 9.59 Å². The van der Waals surface area contributed by atoms with Crippen LogP contribution in [0.25, 0.3) is 11.3 Å². The molecular formula is C18H14ClN3O2S. The van der Waals surface area contributed by atoms with Crippen LogP contribution in [0.3, 0.4) is 0 Å². The first-order valence-corrected chi connectivity index (χ1v) is 8.26. The fraction of sp³-hybridized carbons (Fsp3) is 0.0556. The van der Waals surface area contributed by atoms with Crippen molar-refractivity contribution in [3.05, 3.63) is 81.6 Å². The average molecular weight is 372 g/mol. The molecule has 3 aromatic rings. The molecule has 0 aliphatic carbocycles. The third-order valence-corrected chi connectivity index (χ3v) is 4.13. The molecule has 0 atom stereocenters. The molecule has 25 heavy (non-hydrogen) atoms. The van der Waals surface area contributed by atoms with Crippen molar-refractivity contribution in [2.75, 3.05) is 4.90 Å². The minimum absolute atomic E-state index is 0.254. The molecule has 0 spiro atoms. The summed E-state index contributed by atoms with van der Waals surface area (Å²) in [7, 11) is 0. The Morgan fingerprint density at radius 3 is 2.28 bits per heavy atom. The Morgan fingerprint density at radius 2 is 1.72 bits per heavy atom. The zero-order valence-corrected chi connectivity index (χ0v) is 14.7. The lowest BCUT2D eigenvalue weighted by Gasteiger charge is -2.21. The summed E-state index contributed by atoms with van der Waals surface area (Å²) in [6.07, 6.45) is 0. The fourth-order valence-corrected chi connectivity index (χ4v) is 2.67. The van der Waals surface area contributed by atoms with Gasteiger partial charge in [-0.2, -0.15) is 5.10 Å². The van der Waals surface area contributed by atoms with Gasteiger partial charge in [0.15, 0.2) is 0 Å². The molecule has 5 nitrogen and oxygen atoms in total. The van der Waals surface area contributed by atoms with Gasteiger partial charge in [-0.05, 0) is 35.9 Å². The third kappa shape index (κ3) is 4.29. The number of halogens is 1. The molecule has 3 rings (SSSR count). The summed E-state index contributed by atoms with van der Waals surface area (Å²) in [6.45, 7) is 0.385. The maximum Gasteiger partial charge on any atom is 0.283 e. The Labute approximate surface area is 154 Å². The van der Waals surface area contributed by atoms with Crippen LogP contribution in [-0.2, 0) is 6.54 Å². The van der Waals surface area contributed by atoms with E-state index in [-0.39, 0.29) is 10.8 Å². The maximum absolute atomic E-state index is 11.9. The molecule has 0 radical (unpaired) electrons. The number of aromatic nitrogens is 2. The Bertz CT molecular complexity index is 919. The normalized spacial score (nSPS) is 10.5. The minimum atomic E-state index is -0.357. The van der Waals surface area contributed by atoms with Gasteiger partial charge in [-0.1, -0.05) is 48.5 Å². The van der Waals surface area contributed by atoms with Crippen molar-refractivity contribution < 1.29 is 4.79 Å². The molecule has 1 aromatic heterocycles. The van der Waals surface area contributed by atoms with Crippen LogP contribution in [0.5, 0.6) is 0 Å². The Morgan fingerprint density at radius 1 is 1.04 bits per heavy atom. The second-order valence-corrected chi connectivity index (χ2v) is 6.17. The number of hydrogen-bond acceptors (Lipinski definition) is 3. The average Bonchev–Trinajstić information content (AvgIpc) is 2.62. The molecule has 0 fully saturated rings. The summed E-state index contributed by atoms with van der Waals surface area (Å²) in [5.74, 6) is 0.